The van der Waals surface area contributed by atoms with Gasteiger partial charge in [-0.05, 0) is 38.2 Å². The van der Waals surface area contributed by atoms with Gasteiger partial charge in [-0.1, -0.05) is 50.2 Å². The summed E-state index contributed by atoms with van der Waals surface area (Å²) in [5, 5.41) is 27.5. The van der Waals surface area contributed by atoms with Crippen molar-refractivity contribution in [2.45, 2.75) is 59.9 Å². The van der Waals surface area contributed by atoms with Gasteiger partial charge in [0.25, 0.3) is 0 Å². The molecule has 0 bridgehead atoms. The van der Waals surface area contributed by atoms with Crippen LogP contribution in [0, 0.1) is 22.2 Å². The molecule has 2 aromatic rings. The number of benzene rings is 1. The van der Waals surface area contributed by atoms with Crippen LogP contribution in [0.3, 0.4) is 0 Å². The van der Waals surface area contributed by atoms with Crippen LogP contribution in [0.1, 0.15) is 58.4 Å². The maximum Gasteiger partial charge on any atom is 0.231 e. The Morgan fingerprint density at radius 2 is 1.81 bits per heavy atom. The van der Waals surface area contributed by atoms with Crippen molar-refractivity contribution in [3.63, 3.8) is 0 Å². The summed E-state index contributed by atoms with van der Waals surface area (Å²) in [6, 6.07) is 10.6. The summed E-state index contributed by atoms with van der Waals surface area (Å²) in [4.78, 5) is 12.4. The second kappa shape index (κ2) is 9.69. The Morgan fingerprint density at radius 3 is 2.34 bits per heavy atom. The molecule has 5 N–H and O–H groups in total. The van der Waals surface area contributed by atoms with E-state index in [0.717, 1.165) is 17.7 Å². The first-order valence-electron chi connectivity index (χ1n) is 10.4. The summed E-state index contributed by atoms with van der Waals surface area (Å²) in [7, 11) is 0. The molecular formula is C24H32N6O2. The molecule has 0 saturated carbocycles. The number of nitrogens with two attached hydrogens (primary N) is 1. The number of anilines is 1. The number of hydrogen-bond acceptors (Lipinski definition) is 7. The minimum absolute atomic E-state index is 0.0192. The molecule has 1 aromatic carbocycles. The van der Waals surface area contributed by atoms with Gasteiger partial charge in [-0.15, -0.1) is 0 Å². The van der Waals surface area contributed by atoms with Crippen molar-refractivity contribution >= 4 is 17.5 Å². The molecule has 8 heteroatoms. The molecule has 0 aliphatic heterocycles. The fraction of sp³-hybridized carbons (Fsp3) is 0.417. The zero-order chi connectivity index (χ0) is 24.1. The van der Waals surface area contributed by atoms with E-state index >= 15 is 0 Å². The number of carbonyl (C=O) groups is 1. The zero-order valence-corrected chi connectivity index (χ0v) is 19.6. The van der Waals surface area contributed by atoms with Crippen molar-refractivity contribution in [2.75, 3.05) is 5.32 Å². The molecule has 0 atom stereocenters. The largest absolute Gasteiger partial charge is 0.384 e. The summed E-state index contributed by atoms with van der Waals surface area (Å²) >= 11 is 0. The van der Waals surface area contributed by atoms with E-state index in [4.69, 9.17) is 15.7 Å². The van der Waals surface area contributed by atoms with E-state index < -0.39 is 0 Å². The summed E-state index contributed by atoms with van der Waals surface area (Å²) in [6.45, 7) is 12.1. The van der Waals surface area contributed by atoms with E-state index in [0.29, 0.717) is 11.4 Å². The number of rotatable bonds is 7. The predicted octanol–water partition coefficient (Wildman–Crippen LogP) is 3.89. The van der Waals surface area contributed by atoms with Crippen LogP contribution in [-0.4, -0.2) is 22.3 Å². The topological polar surface area (TPSA) is 141 Å². The summed E-state index contributed by atoms with van der Waals surface area (Å²) in [5.41, 5.74) is 7.91. The van der Waals surface area contributed by atoms with E-state index in [-0.39, 0.29) is 40.4 Å². The quantitative estimate of drug-likeness (QED) is 0.383. The molecule has 8 nitrogen and oxygen atoms in total. The van der Waals surface area contributed by atoms with Crippen LogP contribution in [0.2, 0.25) is 0 Å². The molecule has 32 heavy (non-hydrogen) atoms. The maximum atomic E-state index is 12.4. The van der Waals surface area contributed by atoms with E-state index in [1.165, 1.54) is 0 Å². The van der Waals surface area contributed by atoms with Gasteiger partial charge >= 0.3 is 0 Å². The molecule has 2 rings (SSSR count). The minimum atomic E-state index is -0.333. The first-order valence-corrected chi connectivity index (χ1v) is 10.4. The second-order valence-electron chi connectivity index (χ2n) is 9.99. The number of hydrogen-bond donors (Lipinski definition) is 4. The number of aromatic nitrogens is 1. The van der Waals surface area contributed by atoms with Gasteiger partial charge in [-0.2, -0.15) is 5.26 Å². The average Bonchev–Trinajstić information content (AvgIpc) is 3.05. The molecule has 1 aromatic heterocycles. The lowest BCUT2D eigenvalue weighted by Gasteiger charge is -2.23. The highest BCUT2D eigenvalue weighted by Crippen LogP contribution is 2.22. The normalized spacial score (nSPS) is 12.5. The van der Waals surface area contributed by atoms with Gasteiger partial charge in [0.1, 0.15) is 17.5 Å². The average molecular weight is 437 g/mol. The molecule has 0 unspecified atom stereocenters. The number of carbonyl (C=O) groups excluding carboxylic acids is 1. The minimum Gasteiger partial charge on any atom is -0.384 e. The van der Waals surface area contributed by atoms with Crippen LogP contribution < -0.4 is 16.4 Å². The molecule has 0 aliphatic rings. The number of nitriles is 1. The van der Waals surface area contributed by atoms with Crippen molar-refractivity contribution in [3.05, 3.63) is 58.5 Å². The molecule has 0 saturated heterocycles. The van der Waals surface area contributed by atoms with Gasteiger partial charge in [-0.3, -0.25) is 15.5 Å². The monoisotopic (exact) mass is 436 g/mol. The van der Waals surface area contributed by atoms with Gasteiger partial charge in [0.05, 0.1) is 17.8 Å². The van der Waals surface area contributed by atoms with Gasteiger partial charge in [-0.25, -0.2) is 0 Å². The Labute approximate surface area is 189 Å². The molecule has 0 aliphatic carbocycles. The van der Waals surface area contributed by atoms with E-state index in [9.17, 15) is 10.1 Å². The third-order valence-electron chi connectivity index (χ3n) is 4.28. The van der Waals surface area contributed by atoms with E-state index in [1.54, 1.807) is 30.3 Å². The van der Waals surface area contributed by atoms with Crippen molar-refractivity contribution < 1.29 is 9.32 Å². The van der Waals surface area contributed by atoms with Crippen LogP contribution in [-0.2, 0) is 17.6 Å². The highest BCUT2D eigenvalue weighted by Gasteiger charge is 2.18. The van der Waals surface area contributed by atoms with Gasteiger partial charge in [0.15, 0.2) is 0 Å². The second-order valence-corrected chi connectivity index (χ2v) is 9.99. The highest BCUT2D eigenvalue weighted by atomic mass is 16.5. The maximum absolute atomic E-state index is 12.4. The Kier molecular flexibility index (Phi) is 7.47. The van der Waals surface area contributed by atoms with Crippen LogP contribution in [0.25, 0.3) is 0 Å². The molecule has 1 amide bonds. The fourth-order valence-electron chi connectivity index (χ4n) is 3.02. The van der Waals surface area contributed by atoms with Gasteiger partial charge in [0, 0.05) is 17.2 Å². The van der Waals surface area contributed by atoms with Crippen molar-refractivity contribution in [1.82, 2.24) is 10.5 Å². The number of nitrogens with one attached hydrogen (secondary N) is 3. The van der Waals surface area contributed by atoms with Gasteiger partial charge < -0.3 is 15.6 Å². The smallest absolute Gasteiger partial charge is 0.231 e. The lowest BCUT2D eigenvalue weighted by molar-refractivity contribution is -0.115. The Morgan fingerprint density at radius 1 is 1.19 bits per heavy atom. The van der Waals surface area contributed by atoms with Crippen molar-refractivity contribution in [1.29, 1.82) is 10.7 Å². The summed E-state index contributed by atoms with van der Waals surface area (Å²) < 4.78 is 5.20. The number of amides is 1. The highest BCUT2D eigenvalue weighted by molar-refractivity contribution is 6.13. The van der Waals surface area contributed by atoms with Crippen LogP contribution in [0.5, 0.6) is 0 Å². The molecule has 0 spiro atoms. The standard InChI is InChI=1S/C24H32N6O2/c1-23(2,3)13-17-12-20(32-30-17)28-19(31)11-15-7-9-16(10-8-15)21(26)18(14-25)22(27)29-24(4,5)6/h7-10,12,26,29H,11,13,27H2,1-6H3,(H,28,31)/b22-18-,26-21?. The Balaban J connectivity index is 2.03. The number of allylic oxidation sites excluding steroid dienone is 1. The summed E-state index contributed by atoms with van der Waals surface area (Å²) in [5.74, 6) is 0.243. The first kappa shape index (κ1) is 24.7. The van der Waals surface area contributed by atoms with E-state index in [2.05, 4.69) is 36.6 Å². The summed E-state index contributed by atoms with van der Waals surface area (Å²) in [6.07, 6.45) is 0.881. The third-order valence-corrected chi connectivity index (χ3v) is 4.28. The van der Waals surface area contributed by atoms with Crippen LogP contribution in [0.15, 0.2) is 46.2 Å². The lowest BCUT2D eigenvalue weighted by atomic mass is 9.91. The fourth-order valence-corrected chi connectivity index (χ4v) is 3.02. The lowest BCUT2D eigenvalue weighted by Crippen LogP contribution is -2.39. The van der Waals surface area contributed by atoms with Crippen molar-refractivity contribution in [2.24, 2.45) is 11.1 Å². The zero-order valence-electron chi connectivity index (χ0n) is 19.6. The van der Waals surface area contributed by atoms with E-state index in [1.807, 2.05) is 26.8 Å². The Bertz CT molecular complexity index is 1040. The number of nitrogens with zero attached hydrogens (tertiary/aromatic N) is 2. The third kappa shape index (κ3) is 7.58. The molecule has 0 fully saturated rings. The molecule has 0 radical (unpaired) electrons. The Hall–Kier alpha value is -3.60. The van der Waals surface area contributed by atoms with Gasteiger partial charge in [0.2, 0.25) is 11.8 Å². The molecular weight excluding hydrogens is 404 g/mol. The van der Waals surface area contributed by atoms with Crippen LogP contribution in [0.4, 0.5) is 5.88 Å². The van der Waals surface area contributed by atoms with Crippen molar-refractivity contribution in [3.8, 4) is 6.07 Å². The molecule has 1 heterocycles. The first-order chi connectivity index (χ1) is 14.8. The predicted molar refractivity (Wildman–Crippen MR) is 125 cm³/mol. The molecule has 170 valence electrons. The SMILES string of the molecule is CC(C)(C)Cc1cc(NC(=O)Cc2ccc(C(=N)/C(C#N)=C(/N)NC(C)(C)C)cc2)on1. The van der Waals surface area contributed by atoms with Crippen LogP contribution >= 0.6 is 0 Å².